The fourth-order valence-electron chi connectivity index (χ4n) is 5.48. The van der Waals surface area contributed by atoms with Crippen molar-refractivity contribution < 1.29 is 34.3 Å². The number of allylic oxidation sites excluding steroid dienone is 2. The highest BCUT2D eigenvalue weighted by molar-refractivity contribution is 5.66. The summed E-state index contributed by atoms with van der Waals surface area (Å²) in [6, 6.07) is 2.10. The minimum atomic E-state index is -1.38. The Hall–Kier alpha value is -2.09. The molecule has 0 spiro atoms. The number of rotatable bonds is 7. The summed E-state index contributed by atoms with van der Waals surface area (Å²) in [4.78, 5) is 11.6. The summed E-state index contributed by atoms with van der Waals surface area (Å²) in [5.74, 6) is 0.686. The number of aromatic hydroxyl groups is 1. The maximum absolute atomic E-state index is 11.6. The molecule has 1 heterocycles. The predicted molar refractivity (Wildman–Crippen MR) is 134 cm³/mol. The monoisotopic (exact) mass is 490 g/mol. The number of aliphatic hydroxyl groups is 2. The van der Waals surface area contributed by atoms with Crippen LogP contribution in [0.3, 0.4) is 0 Å². The van der Waals surface area contributed by atoms with Crippen LogP contribution in [-0.4, -0.2) is 52.0 Å². The van der Waals surface area contributed by atoms with E-state index in [9.17, 15) is 20.1 Å². The molecule has 1 saturated heterocycles. The Morgan fingerprint density at radius 3 is 2.51 bits per heavy atom. The van der Waals surface area contributed by atoms with Crippen molar-refractivity contribution >= 4 is 5.97 Å². The molecule has 0 saturated carbocycles. The molecule has 0 aromatic heterocycles. The van der Waals surface area contributed by atoms with Gasteiger partial charge in [0.25, 0.3) is 0 Å². The van der Waals surface area contributed by atoms with Crippen LogP contribution in [0.4, 0.5) is 0 Å². The average molecular weight is 491 g/mol. The van der Waals surface area contributed by atoms with E-state index in [1.807, 2.05) is 6.92 Å². The van der Waals surface area contributed by atoms with E-state index in [0.29, 0.717) is 11.8 Å². The smallest absolute Gasteiger partial charge is 0.303 e. The third kappa shape index (κ3) is 6.01. The Balaban J connectivity index is 1.93. The van der Waals surface area contributed by atoms with Gasteiger partial charge >= 0.3 is 5.97 Å². The van der Waals surface area contributed by atoms with E-state index < -0.39 is 36.7 Å². The van der Waals surface area contributed by atoms with Crippen molar-refractivity contribution in [3.63, 3.8) is 0 Å². The average Bonchev–Trinajstić information content (AvgIpc) is 2.76. The molecule has 3 rings (SSSR count). The molecule has 1 fully saturated rings. The molecular formula is C28H42O7. The fraction of sp³-hybridized carbons (Fsp3) is 0.679. The second-order valence-corrected chi connectivity index (χ2v) is 10.7. The van der Waals surface area contributed by atoms with Gasteiger partial charge in [0.05, 0.1) is 6.10 Å². The second kappa shape index (κ2) is 11.3. The van der Waals surface area contributed by atoms with Gasteiger partial charge < -0.3 is 29.5 Å². The molecule has 1 aromatic carbocycles. The zero-order valence-electron chi connectivity index (χ0n) is 22.1. The number of aliphatic hydroxyl groups excluding tert-OH is 2. The highest BCUT2D eigenvalue weighted by Gasteiger charge is 2.47. The van der Waals surface area contributed by atoms with Gasteiger partial charge in [-0.2, -0.15) is 0 Å². The first kappa shape index (κ1) is 27.5. The maximum Gasteiger partial charge on any atom is 0.303 e. The summed E-state index contributed by atoms with van der Waals surface area (Å²) < 4.78 is 17.1. The predicted octanol–water partition coefficient (Wildman–Crippen LogP) is 4.84. The van der Waals surface area contributed by atoms with Crippen LogP contribution in [0.2, 0.25) is 0 Å². The summed E-state index contributed by atoms with van der Waals surface area (Å²) in [6.45, 7) is 13.3. The number of aryl methyl sites for hydroxylation is 1. The molecular weight excluding hydrogens is 448 g/mol. The van der Waals surface area contributed by atoms with Crippen molar-refractivity contribution in [2.45, 2.75) is 117 Å². The first-order valence-electron chi connectivity index (χ1n) is 12.8. The first-order valence-corrected chi connectivity index (χ1v) is 12.8. The summed E-state index contributed by atoms with van der Waals surface area (Å²) >= 11 is 0. The molecule has 0 amide bonds. The largest absolute Gasteiger partial charge is 0.504 e. The van der Waals surface area contributed by atoms with Crippen LogP contribution in [0, 0.1) is 12.8 Å². The third-order valence-electron chi connectivity index (χ3n) is 7.50. The summed E-state index contributed by atoms with van der Waals surface area (Å²) in [6.07, 6.45) is 0.694. The van der Waals surface area contributed by atoms with Crippen molar-refractivity contribution in [1.29, 1.82) is 0 Å². The highest BCUT2D eigenvalue weighted by atomic mass is 16.7. The summed E-state index contributed by atoms with van der Waals surface area (Å²) in [5.41, 5.74) is 4.13. The molecule has 2 aliphatic rings. The first-order chi connectivity index (χ1) is 16.4. The number of carbonyl (C=O) groups excluding carboxylic acids is 1. The van der Waals surface area contributed by atoms with Gasteiger partial charge in [0.15, 0.2) is 17.6 Å². The maximum atomic E-state index is 11.6. The van der Waals surface area contributed by atoms with Gasteiger partial charge in [-0.15, -0.1) is 0 Å². The van der Waals surface area contributed by atoms with Gasteiger partial charge in [0.1, 0.15) is 12.2 Å². The lowest BCUT2D eigenvalue weighted by molar-refractivity contribution is -0.273. The van der Waals surface area contributed by atoms with Gasteiger partial charge in [-0.25, -0.2) is 0 Å². The van der Waals surface area contributed by atoms with Crippen molar-refractivity contribution in [2.24, 2.45) is 5.92 Å². The van der Waals surface area contributed by atoms with Crippen LogP contribution in [-0.2, 0) is 14.3 Å². The number of ether oxygens (including phenoxy) is 3. The van der Waals surface area contributed by atoms with Gasteiger partial charge in [-0.3, -0.25) is 4.79 Å². The molecule has 7 heteroatoms. The lowest BCUT2D eigenvalue weighted by atomic mass is 9.70. The number of hydrogen-bond acceptors (Lipinski definition) is 7. The Kier molecular flexibility index (Phi) is 8.89. The van der Waals surface area contributed by atoms with Gasteiger partial charge in [-0.1, -0.05) is 31.6 Å². The third-order valence-corrected chi connectivity index (χ3v) is 7.50. The van der Waals surface area contributed by atoms with Crippen LogP contribution >= 0.6 is 0 Å². The number of benzene rings is 1. The zero-order valence-corrected chi connectivity index (χ0v) is 22.1. The lowest BCUT2D eigenvalue weighted by Gasteiger charge is -2.41. The number of phenolic OH excluding ortho intramolecular Hbond substituents is 1. The van der Waals surface area contributed by atoms with Crippen molar-refractivity contribution in [2.75, 3.05) is 0 Å². The minimum absolute atomic E-state index is 0.0761. The Labute approximate surface area is 209 Å². The molecule has 196 valence electrons. The van der Waals surface area contributed by atoms with E-state index in [4.69, 9.17) is 14.2 Å². The number of esters is 1. The normalized spacial score (nSPS) is 31.3. The van der Waals surface area contributed by atoms with E-state index in [1.54, 1.807) is 6.92 Å². The van der Waals surface area contributed by atoms with Gasteiger partial charge in [0.2, 0.25) is 6.29 Å². The quantitative estimate of drug-likeness (QED) is 0.371. The van der Waals surface area contributed by atoms with Crippen LogP contribution in [0.1, 0.15) is 95.8 Å². The van der Waals surface area contributed by atoms with Gasteiger partial charge in [0, 0.05) is 12.5 Å². The fourth-order valence-corrected chi connectivity index (χ4v) is 5.48. The van der Waals surface area contributed by atoms with E-state index in [2.05, 4.69) is 39.8 Å². The topological polar surface area (TPSA) is 105 Å². The Morgan fingerprint density at radius 1 is 1.20 bits per heavy atom. The van der Waals surface area contributed by atoms with Crippen LogP contribution in [0.25, 0.3) is 0 Å². The number of fused-ring (bicyclic) bond motifs is 1. The van der Waals surface area contributed by atoms with E-state index >= 15 is 0 Å². The standard InChI is InChI=1S/C28H42O7/c1-14(2)9-8-10-15(3)20-12-11-16(4)22-21(20)13-17(5)26(24(22)31)35-28-27(34-19(7)29)25(32)23(30)18(6)33-28/h9,13,15-16,18,20,23,25,27-28,30-32H,8,10-12H2,1-7H3/t15-,16-,18-,20+,23-,25-,27+,28-/m0/s1. The molecule has 0 bridgehead atoms. The molecule has 7 nitrogen and oxygen atoms in total. The summed E-state index contributed by atoms with van der Waals surface area (Å²) in [5, 5.41) is 32.1. The molecule has 1 aliphatic carbocycles. The number of phenols is 1. The number of carbonyl (C=O) groups is 1. The second-order valence-electron chi connectivity index (χ2n) is 10.7. The molecule has 35 heavy (non-hydrogen) atoms. The SMILES string of the molecule is CC(=O)O[C@H]1[C@H](Oc2c(C)cc3c(c2O)[C@@H](C)CC[C@@H]3[C@@H](C)CCC=C(C)C)O[C@@H](C)[C@H](O)[C@@H]1O. The molecule has 0 unspecified atom stereocenters. The zero-order chi connectivity index (χ0) is 26.0. The van der Waals surface area contributed by atoms with Crippen LogP contribution in [0.15, 0.2) is 17.7 Å². The number of hydrogen-bond donors (Lipinski definition) is 3. The molecule has 1 aromatic rings. The Bertz CT molecular complexity index is 936. The van der Waals surface area contributed by atoms with Crippen molar-refractivity contribution in [1.82, 2.24) is 0 Å². The van der Waals surface area contributed by atoms with Gasteiger partial charge in [-0.05, 0) is 82.3 Å². The van der Waals surface area contributed by atoms with Crippen molar-refractivity contribution in [3.8, 4) is 11.5 Å². The van der Waals surface area contributed by atoms with Crippen molar-refractivity contribution in [3.05, 3.63) is 34.4 Å². The minimum Gasteiger partial charge on any atom is -0.504 e. The van der Waals surface area contributed by atoms with Crippen LogP contribution in [0.5, 0.6) is 11.5 Å². The van der Waals surface area contributed by atoms with Crippen LogP contribution < -0.4 is 4.74 Å². The molecule has 1 aliphatic heterocycles. The lowest BCUT2D eigenvalue weighted by Crippen LogP contribution is -2.59. The highest BCUT2D eigenvalue weighted by Crippen LogP contribution is 2.51. The van der Waals surface area contributed by atoms with E-state index in [0.717, 1.165) is 36.8 Å². The Morgan fingerprint density at radius 2 is 1.89 bits per heavy atom. The van der Waals surface area contributed by atoms with E-state index in [-0.39, 0.29) is 17.4 Å². The molecule has 0 radical (unpaired) electrons. The summed E-state index contributed by atoms with van der Waals surface area (Å²) in [7, 11) is 0. The molecule has 8 atom stereocenters. The van der Waals surface area contributed by atoms with E-state index in [1.165, 1.54) is 18.1 Å². The molecule has 3 N–H and O–H groups in total.